The molecule has 2 atom stereocenters. The van der Waals surface area contributed by atoms with Crippen molar-refractivity contribution in [1.29, 1.82) is 0 Å². The lowest BCUT2D eigenvalue weighted by molar-refractivity contribution is -0.139. The summed E-state index contributed by atoms with van der Waals surface area (Å²) in [6.07, 6.45) is 0. The van der Waals surface area contributed by atoms with E-state index >= 15 is 0 Å². The lowest BCUT2D eigenvalue weighted by Gasteiger charge is -2.27. The molecule has 8 heteroatoms. The summed E-state index contributed by atoms with van der Waals surface area (Å²) in [5, 5.41) is 8.95. The summed E-state index contributed by atoms with van der Waals surface area (Å²) in [6.45, 7) is 1.72. The number of hydrogen-bond acceptors (Lipinski definition) is 6. The summed E-state index contributed by atoms with van der Waals surface area (Å²) in [5.74, 6) is -2.80. The van der Waals surface area contributed by atoms with E-state index in [1.165, 1.54) is 0 Å². The topological polar surface area (TPSA) is 119 Å². The van der Waals surface area contributed by atoms with Crippen LogP contribution in [-0.2, 0) is 20.9 Å². The Morgan fingerprint density at radius 1 is 1.17 bits per heavy atom. The quantitative estimate of drug-likeness (QED) is 0.650. The number of carboxylic acids is 1. The molecule has 2 aromatic rings. The first kappa shape index (κ1) is 20.2. The van der Waals surface area contributed by atoms with Gasteiger partial charge in [-0.2, -0.15) is 0 Å². The molecule has 3 rings (SSSR count). The van der Waals surface area contributed by atoms with E-state index in [-0.39, 0.29) is 11.8 Å². The number of methoxy groups -OCH3 is 1. The third kappa shape index (κ3) is 4.01. The number of carbonyl (C=O) groups excluding carboxylic acids is 2. The SMILES string of the molecule is COc1cccc(CN2c3cccc(OCC(=O)O)c3C(C(=O)C(N)=O)C2C)c1. The molecule has 29 heavy (non-hydrogen) atoms. The number of anilines is 1. The van der Waals surface area contributed by atoms with E-state index in [9.17, 15) is 14.4 Å². The van der Waals surface area contributed by atoms with Gasteiger partial charge in [0.25, 0.3) is 5.91 Å². The number of ketones is 1. The van der Waals surface area contributed by atoms with Crippen LogP contribution in [0.5, 0.6) is 11.5 Å². The zero-order valence-electron chi connectivity index (χ0n) is 16.1. The van der Waals surface area contributed by atoms with Crippen LogP contribution >= 0.6 is 0 Å². The van der Waals surface area contributed by atoms with Crippen molar-refractivity contribution < 1.29 is 29.0 Å². The monoisotopic (exact) mass is 398 g/mol. The summed E-state index contributed by atoms with van der Waals surface area (Å²) in [4.78, 5) is 37.2. The third-order valence-corrected chi connectivity index (χ3v) is 5.00. The first-order valence-corrected chi connectivity index (χ1v) is 9.04. The highest BCUT2D eigenvalue weighted by Crippen LogP contribution is 2.47. The molecule has 152 valence electrons. The number of Topliss-reactive ketones (excluding diaryl/α,β-unsaturated/α-hetero) is 1. The highest BCUT2D eigenvalue weighted by atomic mass is 16.5. The van der Waals surface area contributed by atoms with Gasteiger partial charge in [0.2, 0.25) is 5.78 Å². The minimum absolute atomic E-state index is 0.254. The lowest BCUT2D eigenvalue weighted by Crippen LogP contribution is -2.38. The van der Waals surface area contributed by atoms with Gasteiger partial charge in [0, 0.05) is 23.8 Å². The van der Waals surface area contributed by atoms with Crippen molar-refractivity contribution in [2.24, 2.45) is 5.73 Å². The van der Waals surface area contributed by atoms with Crippen LogP contribution in [0.4, 0.5) is 5.69 Å². The van der Waals surface area contributed by atoms with Gasteiger partial charge in [-0.1, -0.05) is 18.2 Å². The molecule has 0 saturated carbocycles. The molecule has 1 aliphatic heterocycles. The second-order valence-electron chi connectivity index (χ2n) is 6.80. The van der Waals surface area contributed by atoms with Crippen LogP contribution in [0.25, 0.3) is 0 Å². The number of carboxylic acid groups (broad SMARTS) is 1. The van der Waals surface area contributed by atoms with Crippen LogP contribution < -0.4 is 20.1 Å². The predicted molar refractivity (Wildman–Crippen MR) is 105 cm³/mol. The standard InChI is InChI=1S/C21H22N2O6/c1-12-18(20(26)21(22)27)19-15(7-4-8-16(19)29-11-17(24)25)23(12)10-13-5-3-6-14(9-13)28-2/h3-9,12,18H,10-11H2,1-2H3,(H2,22,27)(H,24,25). The number of nitrogens with two attached hydrogens (primary N) is 1. The van der Waals surface area contributed by atoms with Crippen molar-refractivity contribution in [2.75, 3.05) is 18.6 Å². The van der Waals surface area contributed by atoms with E-state index < -0.39 is 30.2 Å². The predicted octanol–water partition coefficient (Wildman–Crippen LogP) is 1.71. The van der Waals surface area contributed by atoms with Crippen LogP contribution in [0.15, 0.2) is 42.5 Å². The summed E-state index contributed by atoms with van der Waals surface area (Å²) in [6, 6.07) is 12.3. The van der Waals surface area contributed by atoms with E-state index in [4.69, 9.17) is 20.3 Å². The van der Waals surface area contributed by atoms with Crippen LogP contribution in [0, 0.1) is 0 Å². The maximum absolute atomic E-state index is 12.6. The number of amides is 1. The Kier molecular flexibility index (Phi) is 5.72. The molecule has 2 aromatic carbocycles. The Hall–Kier alpha value is -3.55. The van der Waals surface area contributed by atoms with Gasteiger partial charge in [-0.05, 0) is 36.8 Å². The van der Waals surface area contributed by atoms with Gasteiger partial charge < -0.3 is 25.2 Å². The summed E-state index contributed by atoms with van der Waals surface area (Å²) < 4.78 is 10.7. The molecule has 0 bridgehead atoms. The Balaban J connectivity index is 2.04. The smallest absolute Gasteiger partial charge is 0.341 e. The average molecular weight is 398 g/mol. The van der Waals surface area contributed by atoms with E-state index in [0.717, 1.165) is 5.56 Å². The maximum Gasteiger partial charge on any atom is 0.341 e. The van der Waals surface area contributed by atoms with Crippen LogP contribution in [0.3, 0.4) is 0 Å². The molecule has 0 aliphatic carbocycles. The first-order valence-electron chi connectivity index (χ1n) is 9.04. The fraction of sp³-hybridized carbons (Fsp3) is 0.286. The molecular weight excluding hydrogens is 376 g/mol. The largest absolute Gasteiger partial charge is 0.497 e. The Morgan fingerprint density at radius 3 is 2.55 bits per heavy atom. The summed E-state index contributed by atoms with van der Waals surface area (Å²) >= 11 is 0. The Bertz CT molecular complexity index is 958. The highest BCUT2D eigenvalue weighted by molar-refractivity contribution is 6.38. The Labute approximate surface area is 167 Å². The first-order chi connectivity index (χ1) is 13.8. The number of primary amides is 1. The number of hydrogen-bond donors (Lipinski definition) is 2. The van der Waals surface area contributed by atoms with Gasteiger partial charge in [0.1, 0.15) is 11.5 Å². The molecule has 0 saturated heterocycles. The van der Waals surface area contributed by atoms with Gasteiger partial charge >= 0.3 is 5.97 Å². The number of carbonyl (C=O) groups is 3. The number of aliphatic carboxylic acids is 1. The van der Waals surface area contributed by atoms with Crippen molar-refractivity contribution in [3.8, 4) is 11.5 Å². The molecule has 0 aromatic heterocycles. The van der Waals surface area contributed by atoms with E-state index in [0.29, 0.717) is 23.5 Å². The molecule has 1 amide bonds. The van der Waals surface area contributed by atoms with E-state index in [1.807, 2.05) is 42.2 Å². The number of nitrogens with zero attached hydrogens (tertiary/aromatic N) is 1. The van der Waals surface area contributed by atoms with Crippen molar-refractivity contribution >= 4 is 23.3 Å². The molecule has 1 heterocycles. The molecule has 3 N–H and O–H groups in total. The Morgan fingerprint density at radius 2 is 1.90 bits per heavy atom. The van der Waals surface area contributed by atoms with Crippen LogP contribution in [0.1, 0.15) is 24.0 Å². The maximum atomic E-state index is 12.6. The van der Waals surface area contributed by atoms with Gasteiger partial charge in [-0.15, -0.1) is 0 Å². The second kappa shape index (κ2) is 8.22. The fourth-order valence-corrected chi connectivity index (χ4v) is 3.70. The zero-order valence-corrected chi connectivity index (χ0v) is 16.1. The molecule has 2 unspecified atom stereocenters. The molecule has 0 radical (unpaired) electrons. The summed E-state index contributed by atoms with van der Waals surface area (Å²) in [5.41, 5.74) is 7.41. The van der Waals surface area contributed by atoms with Crippen LogP contribution in [0.2, 0.25) is 0 Å². The normalized spacial score (nSPS) is 17.5. The number of fused-ring (bicyclic) bond motifs is 1. The molecule has 0 fully saturated rings. The van der Waals surface area contributed by atoms with Crippen molar-refractivity contribution in [1.82, 2.24) is 0 Å². The highest BCUT2D eigenvalue weighted by Gasteiger charge is 2.43. The van der Waals surface area contributed by atoms with Gasteiger partial charge in [0.15, 0.2) is 6.61 Å². The third-order valence-electron chi connectivity index (χ3n) is 5.00. The van der Waals surface area contributed by atoms with E-state index in [1.54, 1.807) is 19.2 Å². The minimum atomic E-state index is -1.14. The number of benzene rings is 2. The number of ether oxygens (including phenoxy) is 2. The minimum Gasteiger partial charge on any atom is -0.497 e. The number of rotatable bonds is 8. The fourth-order valence-electron chi connectivity index (χ4n) is 3.70. The molecule has 1 aliphatic rings. The average Bonchev–Trinajstić information content (AvgIpc) is 2.98. The molecular formula is C21H22N2O6. The summed E-state index contributed by atoms with van der Waals surface area (Å²) in [7, 11) is 1.58. The van der Waals surface area contributed by atoms with Crippen molar-refractivity contribution in [3.05, 3.63) is 53.6 Å². The van der Waals surface area contributed by atoms with Gasteiger partial charge in [0.05, 0.1) is 13.0 Å². The second-order valence-corrected chi connectivity index (χ2v) is 6.80. The lowest BCUT2D eigenvalue weighted by atomic mass is 9.90. The van der Waals surface area contributed by atoms with Gasteiger partial charge in [-0.25, -0.2) is 4.79 Å². The van der Waals surface area contributed by atoms with Crippen molar-refractivity contribution in [2.45, 2.75) is 25.4 Å². The molecule has 0 spiro atoms. The van der Waals surface area contributed by atoms with Crippen LogP contribution in [-0.4, -0.2) is 42.5 Å². The van der Waals surface area contributed by atoms with E-state index in [2.05, 4.69) is 0 Å². The zero-order chi connectivity index (χ0) is 21.1. The van der Waals surface area contributed by atoms with Gasteiger partial charge in [-0.3, -0.25) is 9.59 Å². The molecule has 8 nitrogen and oxygen atoms in total. The van der Waals surface area contributed by atoms with Crippen molar-refractivity contribution in [3.63, 3.8) is 0 Å².